The Morgan fingerprint density at radius 2 is 1.68 bits per heavy atom. The van der Waals surface area contributed by atoms with Gasteiger partial charge in [0.05, 0.1) is 0 Å². The predicted octanol–water partition coefficient (Wildman–Crippen LogP) is 4.33. The van der Waals surface area contributed by atoms with E-state index in [-0.39, 0.29) is 5.91 Å². The van der Waals surface area contributed by atoms with E-state index in [4.69, 9.17) is 0 Å². The lowest BCUT2D eigenvalue weighted by atomic mass is 10.0. The number of carbonyl (C=O) groups excluding carboxylic acids is 1. The second-order valence-corrected chi connectivity index (χ2v) is 5.83. The number of rotatable bonds is 6. The molecule has 0 bridgehead atoms. The van der Waals surface area contributed by atoms with Crippen molar-refractivity contribution in [1.82, 2.24) is 4.90 Å². The maximum absolute atomic E-state index is 12.7. The molecule has 0 radical (unpaired) electrons. The van der Waals surface area contributed by atoms with Crippen LogP contribution in [0.5, 0.6) is 0 Å². The van der Waals surface area contributed by atoms with Crippen LogP contribution in [0.15, 0.2) is 18.2 Å². The summed E-state index contributed by atoms with van der Waals surface area (Å²) in [4.78, 5) is 14.7. The van der Waals surface area contributed by atoms with Crippen molar-refractivity contribution in [2.45, 2.75) is 46.6 Å². The van der Waals surface area contributed by atoms with Crippen molar-refractivity contribution in [3.8, 4) is 0 Å². The highest BCUT2D eigenvalue weighted by Gasteiger charge is 2.21. The fraction of sp³-hybridized carbons (Fsp3) is 0.562. The third kappa shape index (κ3) is 4.34. The summed E-state index contributed by atoms with van der Waals surface area (Å²) in [5.41, 5.74) is 3.10. The first kappa shape index (κ1) is 16.2. The number of halogens is 1. The number of hydrogen-bond acceptors (Lipinski definition) is 1. The molecule has 0 spiro atoms. The van der Waals surface area contributed by atoms with E-state index in [2.05, 4.69) is 35.8 Å². The molecule has 0 heterocycles. The largest absolute Gasteiger partial charge is 0.335 e. The molecule has 0 saturated carbocycles. The lowest BCUT2D eigenvalue weighted by Gasteiger charge is -2.30. The molecule has 19 heavy (non-hydrogen) atoms. The SMILES string of the molecule is CCC(CC)N(CCBr)C(=O)c1cc(C)cc(C)c1. The Labute approximate surface area is 125 Å². The summed E-state index contributed by atoms with van der Waals surface area (Å²) >= 11 is 3.45. The molecule has 0 saturated heterocycles. The van der Waals surface area contributed by atoms with Crippen LogP contribution in [0, 0.1) is 13.8 Å². The standard InChI is InChI=1S/C16H24BrNO/c1-5-15(6-2)18(8-7-17)16(19)14-10-12(3)9-13(4)11-14/h9-11,15H,5-8H2,1-4H3. The molecule has 1 amide bonds. The Kier molecular flexibility index (Phi) is 6.56. The van der Waals surface area contributed by atoms with E-state index in [0.717, 1.165) is 41.4 Å². The van der Waals surface area contributed by atoms with Crippen LogP contribution in [0.3, 0.4) is 0 Å². The van der Waals surface area contributed by atoms with Gasteiger partial charge in [-0.15, -0.1) is 0 Å². The highest BCUT2D eigenvalue weighted by Crippen LogP contribution is 2.16. The molecule has 0 aliphatic heterocycles. The van der Waals surface area contributed by atoms with Gasteiger partial charge < -0.3 is 4.90 Å². The summed E-state index contributed by atoms with van der Waals surface area (Å²) in [5.74, 6) is 0.153. The first-order valence-electron chi connectivity index (χ1n) is 6.98. The smallest absolute Gasteiger partial charge is 0.254 e. The van der Waals surface area contributed by atoms with Crippen LogP contribution >= 0.6 is 15.9 Å². The number of nitrogens with zero attached hydrogens (tertiary/aromatic N) is 1. The summed E-state index contributed by atoms with van der Waals surface area (Å²) < 4.78 is 0. The fourth-order valence-electron chi connectivity index (χ4n) is 2.53. The Balaban J connectivity index is 3.04. The minimum atomic E-state index is 0.153. The quantitative estimate of drug-likeness (QED) is 0.713. The maximum atomic E-state index is 12.7. The van der Waals surface area contributed by atoms with Gasteiger partial charge in [0, 0.05) is 23.5 Å². The summed E-state index contributed by atoms with van der Waals surface area (Å²) in [7, 11) is 0. The van der Waals surface area contributed by atoms with Crippen LogP contribution < -0.4 is 0 Å². The van der Waals surface area contributed by atoms with Gasteiger partial charge in [-0.1, -0.05) is 47.0 Å². The van der Waals surface area contributed by atoms with E-state index in [0.29, 0.717) is 6.04 Å². The van der Waals surface area contributed by atoms with Crippen LogP contribution in [-0.4, -0.2) is 28.7 Å². The molecule has 0 fully saturated rings. The summed E-state index contributed by atoms with van der Waals surface area (Å²) in [6.45, 7) is 9.12. The number of hydrogen-bond donors (Lipinski definition) is 0. The minimum Gasteiger partial charge on any atom is -0.335 e. The van der Waals surface area contributed by atoms with Gasteiger partial charge in [0.25, 0.3) is 5.91 Å². The number of amides is 1. The molecule has 1 rings (SSSR count). The normalized spacial score (nSPS) is 10.8. The van der Waals surface area contributed by atoms with Crippen LogP contribution in [0.1, 0.15) is 48.2 Å². The molecule has 3 heteroatoms. The summed E-state index contributed by atoms with van der Waals surface area (Å²) in [6, 6.07) is 6.39. The predicted molar refractivity (Wildman–Crippen MR) is 85.1 cm³/mol. The van der Waals surface area contributed by atoms with Gasteiger partial charge in [0.1, 0.15) is 0 Å². The molecular weight excluding hydrogens is 302 g/mol. The average molecular weight is 326 g/mol. The molecule has 1 aromatic rings. The van der Waals surface area contributed by atoms with Gasteiger partial charge in [-0.3, -0.25) is 4.79 Å². The third-order valence-electron chi connectivity index (χ3n) is 3.44. The van der Waals surface area contributed by atoms with E-state index in [1.807, 2.05) is 30.9 Å². The molecule has 1 aromatic carbocycles. The van der Waals surface area contributed by atoms with Gasteiger partial charge in [-0.05, 0) is 38.8 Å². The number of carbonyl (C=O) groups is 1. The van der Waals surface area contributed by atoms with Crippen LogP contribution in [0.25, 0.3) is 0 Å². The molecule has 0 aliphatic rings. The van der Waals surface area contributed by atoms with Gasteiger partial charge in [-0.2, -0.15) is 0 Å². The molecule has 0 N–H and O–H groups in total. The first-order valence-corrected chi connectivity index (χ1v) is 8.10. The van der Waals surface area contributed by atoms with Crippen LogP contribution in [0.4, 0.5) is 0 Å². The van der Waals surface area contributed by atoms with E-state index >= 15 is 0 Å². The number of aryl methyl sites for hydroxylation is 2. The van der Waals surface area contributed by atoms with Crippen molar-refractivity contribution < 1.29 is 4.79 Å². The topological polar surface area (TPSA) is 20.3 Å². The third-order valence-corrected chi connectivity index (χ3v) is 3.79. The van der Waals surface area contributed by atoms with Gasteiger partial charge in [0.15, 0.2) is 0 Å². The van der Waals surface area contributed by atoms with Gasteiger partial charge in [0.2, 0.25) is 0 Å². The lowest BCUT2D eigenvalue weighted by Crippen LogP contribution is -2.41. The zero-order valence-corrected chi connectivity index (χ0v) is 14.0. The minimum absolute atomic E-state index is 0.153. The van der Waals surface area contributed by atoms with Crippen LogP contribution in [0.2, 0.25) is 0 Å². The Hall–Kier alpha value is -0.830. The summed E-state index contributed by atoms with van der Waals surface area (Å²) in [5, 5.41) is 0.819. The second-order valence-electron chi connectivity index (χ2n) is 5.03. The Morgan fingerprint density at radius 3 is 2.11 bits per heavy atom. The van der Waals surface area contributed by atoms with Crippen LogP contribution in [-0.2, 0) is 0 Å². The molecule has 0 aromatic heterocycles. The van der Waals surface area contributed by atoms with E-state index in [1.165, 1.54) is 0 Å². The highest BCUT2D eigenvalue weighted by molar-refractivity contribution is 9.09. The van der Waals surface area contributed by atoms with E-state index in [1.54, 1.807) is 0 Å². The van der Waals surface area contributed by atoms with E-state index in [9.17, 15) is 4.79 Å². The number of alkyl halides is 1. The second kappa shape index (κ2) is 7.68. The summed E-state index contributed by atoms with van der Waals surface area (Å²) in [6.07, 6.45) is 2.00. The molecule has 0 aliphatic carbocycles. The van der Waals surface area contributed by atoms with E-state index < -0.39 is 0 Å². The number of benzene rings is 1. The Bertz CT molecular complexity index is 407. The molecule has 106 valence electrons. The van der Waals surface area contributed by atoms with Gasteiger partial charge >= 0.3 is 0 Å². The van der Waals surface area contributed by atoms with Crippen molar-refractivity contribution in [3.63, 3.8) is 0 Å². The Morgan fingerprint density at radius 1 is 1.16 bits per heavy atom. The van der Waals surface area contributed by atoms with Crippen molar-refractivity contribution in [2.75, 3.05) is 11.9 Å². The monoisotopic (exact) mass is 325 g/mol. The molecule has 2 nitrogen and oxygen atoms in total. The first-order chi connectivity index (χ1) is 9.03. The molecule has 0 unspecified atom stereocenters. The maximum Gasteiger partial charge on any atom is 0.254 e. The zero-order valence-electron chi connectivity index (χ0n) is 12.4. The highest BCUT2D eigenvalue weighted by atomic mass is 79.9. The van der Waals surface area contributed by atoms with Crippen molar-refractivity contribution >= 4 is 21.8 Å². The van der Waals surface area contributed by atoms with Crippen molar-refractivity contribution in [3.05, 3.63) is 34.9 Å². The lowest BCUT2D eigenvalue weighted by molar-refractivity contribution is 0.0682. The average Bonchev–Trinajstić information content (AvgIpc) is 2.37. The van der Waals surface area contributed by atoms with Crippen molar-refractivity contribution in [2.24, 2.45) is 0 Å². The van der Waals surface area contributed by atoms with Gasteiger partial charge in [-0.25, -0.2) is 0 Å². The molecular formula is C16H24BrNO. The zero-order chi connectivity index (χ0) is 14.4. The van der Waals surface area contributed by atoms with Crippen molar-refractivity contribution in [1.29, 1.82) is 0 Å². The fourth-order valence-corrected chi connectivity index (χ4v) is 2.92. The molecule has 0 atom stereocenters.